The molecule has 6 aromatic carbocycles. The van der Waals surface area contributed by atoms with Crippen molar-refractivity contribution in [2.75, 3.05) is 35.0 Å². The summed E-state index contributed by atoms with van der Waals surface area (Å²) in [5.41, 5.74) is 2.44. The number of amides is 2. The number of rotatable bonds is 25. The van der Waals surface area contributed by atoms with Crippen molar-refractivity contribution in [1.82, 2.24) is 21.3 Å². The fourth-order valence-electron chi connectivity index (χ4n) is 8.99. The van der Waals surface area contributed by atoms with Crippen LogP contribution < -0.4 is 30.7 Å². The van der Waals surface area contributed by atoms with Gasteiger partial charge in [-0.3, -0.25) is 19.0 Å². The van der Waals surface area contributed by atoms with Crippen LogP contribution in [0.3, 0.4) is 0 Å². The van der Waals surface area contributed by atoms with E-state index in [2.05, 4.69) is 30.7 Å². The van der Waals surface area contributed by atoms with Crippen molar-refractivity contribution >= 4 is 78.0 Å². The maximum atomic E-state index is 15.1. The third-order valence-corrected chi connectivity index (χ3v) is 14.9. The van der Waals surface area contributed by atoms with E-state index in [1.54, 1.807) is 30.3 Å². The second-order valence-electron chi connectivity index (χ2n) is 20.8. The summed E-state index contributed by atoms with van der Waals surface area (Å²) in [5.74, 6) is -4.60. The highest BCUT2D eigenvalue weighted by Gasteiger charge is 2.37. The number of phenolic OH excluding ortho intramolecular Hbond substituents is 4. The van der Waals surface area contributed by atoms with Gasteiger partial charge in [-0.05, 0) is 134 Å². The molecule has 6 aromatic rings. The lowest BCUT2D eigenvalue weighted by Gasteiger charge is -2.31. The summed E-state index contributed by atoms with van der Waals surface area (Å²) in [7, 11) is -7.46. The number of β-amino-alcohol motifs (C(OH)–C–C–N with tert-alkyl or cyclic N) is 2. The Labute approximate surface area is 475 Å². The van der Waals surface area contributed by atoms with Gasteiger partial charge in [0.05, 0.1) is 58.0 Å². The molecule has 12 N–H and O–H groups in total. The van der Waals surface area contributed by atoms with Crippen LogP contribution in [0, 0.1) is 0 Å². The molecule has 23 heteroatoms. The Bertz CT molecular complexity index is 3400. The standard InChI is InChI=1S/C56H65Cl3N6O12S2/c1-55(2,62-30-48(69)35-14-17-46(67)44(23-35)64-78(5,74)75)26-32-9-7-11-37(19-32)50(53(72)60-28-34-21-42(58)52(71)43(59)22-34)51(54(73)61-29-39-13-16-40(66)25-41(39)57)38-12-8-10-33(20-38)27-56(3,4)63-31-49(70)36-15-18-47(68)45(24-36)65-79(6,76)77/h7-25,48-51,62-71H,26-31H2,1-6H3,(H,60,72)(H,61,73)/t48-,49-,50?,51?/m1/s1. The van der Waals surface area contributed by atoms with Gasteiger partial charge in [0.25, 0.3) is 0 Å². The first-order chi connectivity index (χ1) is 36.9. The average molecular weight is 1180 g/mol. The summed E-state index contributed by atoms with van der Waals surface area (Å²) < 4.78 is 52.1. The number of aliphatic hydroxyl groups excluding tert-OH is 2. The number of aliphatic hydroxyl groups is 2. The number of hydrogen-bond acceptors (Lipinski definition) is 14. The van der Waals surface area contributed by atoms with E-state index in [0.29, 0.717) is 46.2 Å². The second kappa shape index (κ2) is 25.9. The summed E-state index contributed by atoms with van der Waals surface area (Å²) in [5, 5.41) is 76.1. The summed E-state index contributed by atoms with van der Waals surface area (Å²) in [6.07, 6.45) is 0.336. The molecule has 0 heterocycles. The summed E-state index contributed by atoms with van der Waals surface area (Å²) in [6, 6.07) is 29.9. The monoisotopic (exact) mass is 1180 g/mol. The maximum Gasteiger partial charge on any atom is 0.229 e. The zero-order valence-corrected chi connectivity index (χ0v) is 48.0. The molecule has 0 saturated carbocycles. The van der Waals surface area contributed by atoms with E-state index in [9.17, 15) is 47.5 Å². The van der Waals surface area contributed by atoms with Crippen LogP contribution in [0.2, 0.25) is 15.1 Å². The molecule has 0 fully saturated rings. The number of benzene rings is 6. The van der Waals surface area contributed by atoms with Crippen molar-refractivity contribution in [3.63, 3.8) is 0 Å². The van der Waals surface area contributed by atoms with Crippen molar-refractivity contribution < 1.29 is 57.1 Å². The van der Waals surface area contributed by atoms with Crippen molar-refractivity contribution in [2.24, 2.45) is 0 Å². The van der Waals surface area contributed by atoms with Crippen molar-refractivity contribution in [3.05, 3.63) is 175 Å². The zero-order chi connectivity index (χ0) is 58.2. The second-order valence-corrected chi connectivity index (χ2v) is 25.5. The topological polar surface area (TPSA) is 296 Å². The molecule has 79 heavy (non-hydrogen) atoms. The summed E-state index contributed by atoms with van der Waals surface area (Å²) >= 11 is 19.1. The van der Waals surface area contributed by atoms with Gasteiger partial charge in [0.1, 0.15) is 17.2 Å². The lowest BCUT2D eigenvalue weighted by Crippen LogP contribution is -2.43. The van der Waals surface area contributed by atoms with E-state index in [-0.39, 0.29) is 75.6 Å². The number of anilines is 2. The lowest BCUT2D eigenvalue weighted by atomic mass is 9.78. The van der Waals surface area contributed by atoms with Crippen molar-refractivity contribution in [1.29, 1.82) is 0 Å². The molecule has 18 nitrogen and oxygen atoms in total. The van der Waals surface area contributed by atoms with E-state index in [1.807, 2.05) is 52.0 Å². The number of carbonyl (C=O) groups is 2. The Morgan fingerprint density at radius 3 is 1.37 bits per heavy atom. The molecular formula is C56H65Cl3N6O12S2. The van der Waals surface area contributed by atoms with Gasteiger partial charge in [-0.1, -0.05) is 102 Å². The molecule has 0 radical (unpaired) electrons. The molecule has 0 aliphatic heterocycles. The highest BCUT2D eigenvalue weighted by Crippen LogP contribution is 2.38. The van der Waals surface area contributed by atoms with E-state index in [4.69, 9.17) is 34.8 Å². The van der Waals surface area contributed by atoms with E-state index >= 15 is 9.59 Å². The minimum atomic E-state index is -3.73. The van der Waals surface area contributed by atoms with Gasteiger partial charge in [0, 0.05) is 42.3 Å². The predicted octanol–water partition coefficient (Wildman–Crippen LogP) is 8.00. The summed E-state index contributed by atoms with van der Waals surface area (Å²) in [4.78, 5) is 30.2. The maximum absolute atomic E-state index is 15.1. The van der Waals surface area contributed by atoms with E-state index < -0.39 is 67.0 Å². The third kappa shape index (κ3) is 18.1. The fourth-order valence-corrected chi connectivity index (χ4v) is 10.9. The molecule has 0 aliphatic carbocycles. The van der Waals surface area contributed by atoms with Gasteiger partial charge in [0.2, 0.25) is 31.9 Å². The quantitative estimate of drug-likeness (QED) is 0.0242. The van der Waals surface area contributed by atoms with Gasteiger partial charge in [-0.2, -0.15) is 0 Å². The van der Waals surface area contributed by atoms with Crippen LogP contribution in [-0.2, 0) is 55.6 Å². The van der Waals surface area contributed by atoms with E-state index in [1.165, 1.54) is 60.7 Å². The summed E-state index contributed by atoms with van der Waals surface area (Å²) in [6.45, 7) is 7.50. The molecule has 424 valence electrons. The van der Waals surface area contributed by atoms with Gasteiger partial charge >= 0.3 is 0 Å². The lowest BCUT2D eigenvalue weighted by molar-refractivity contribution is -0.129. The number of sulfonamides is 2. The van der Waals surface area contributed by atoms with Gasteiger partial charge in [-0.25, -0.2) is 16.8 Å². The zero-order valence-electron chi connectivity index (χ0n) is 44.1. The van der Waals surface area contributed by atoms with Gasteiger partial charge < -0.3 is 51.9 Å². The molecule has 6 rings (SSSR count). The Morgan fingerprint density at radius 2 is 0.949 bits per heavy atom. The van der Waals surface area contributed by atoms with Crippen LogP contribution in [-0.4, -0.2) is 96.0 Å². The molecule has 0 spiro atoms. The van der Waals surface area contributed by atoms with Crippen LogP contribution in [0.5, 0.6) is 23.0 Å². The molecule has 0 aromatic heterocycles. The van der Waals surface area contributed by atoms with Crippen LogP contribution in [0.15, 0.2) is 115 Å². The molecule has 2 unspecified atom stereocenters. The predicted molar refractivity (Wildman–Crippen MR) is 308 cm³/mol. The van der Waals surface area contributed by atoms with Crippen LogP contribution in [0.25, 0.3) is 0 Å². The number of halogens is 3. The Kier molecular flexibility index (Phi) is 20.2. The Balaban J connectivity index is 1.34. The fraction of sp³-hybridized carbons (Fsp3) is 0.321. The number of phenols is 4. The number of nitrogens with one attached hydrogen (secondary N) is 6. The van der Waals surface area contributed by atoms with Gasteiger partial charge in [0.15, 0.2) is 5.75 Å². The minimum absolute atomic E-state index is 0.0208. The van der Waals surface area contributed by atoms with Gasteiger partial charge in [-0.15, -0.1) is 0 Å². The van der Waals surface area contributed by atoms with Crippen LogP contribution in [0.4, 0.5) is 11.4 Å². The first kappa shape index (κ1) is 61.9. The third-order valence-electron chi connectivity index (χ3n) is 12.8. The smallest absolute Gasteiger partial charge is 0.229 e. The normalized spacial score (nSPS) is 13.7. The van der Waals surface area contributed by atoms with Crippen molar-refractivity contribution in [3.8, 4) is 23.0 Å². The SMILES string of the molecule is CC(C)(Cc1cccc(C(C(=O)NCc2cc(Cl)c(O)c(Cl)c2)C(C(=O)NCc2ccc(O)cc2Cl)c2cccc(CC(C)(C)NC[C@@H](O)c3ccc(O)c(NS(C)(=O)=O)c3)c2)c1)NC[C@@H](O)c1ccc(O)c(NS(C)(=O)=O)c1. The largest absolute Gasteiger partial charge is 0.508 e. The Hall–Kier alpha value is -6.33. The number of carbonyl (C=O) groups excluding carboxylic acids is 2. The van der Waals surface area contributed by atoms with Crippen molar-refractivity contribution in [2.45, 2.75) is 88.7 Å². The first-order valence-corrected chi connectivity index (χ1v) is 29.6. The number of aromatic hydroxyl groups is 4. The molecule has 0 aliphatic rings. The van der Waals surface area contributed by atoms with Crippen LogP contribution >= 0.6 is 34.8 Å². The first-order valence-electron chi connectivity index (χ1n) is 24.7. The Morgan fingerprint density at radius 1 is 0.519 bits per heavy atom. The van der Waals surface area contributed by atoms with E-state index in [0.717, 1.165) is 23.6 Å². The molecular weight excluding hydrogens is 1120 g/mol. The highest BCUT2D eigenvalue weighted by atomic mass is 35.5. The minimum Gasteiger partial charge on any atom is -0.508 e. The number of hydrogen-bond donors (Lipinski definition) is 12. The highest BCUT2D eigenvalue weighted by molar-refractivity contribution is 7.92. The molecule has 0 saturated heterocycles. The van der Waals surface area contributed by atoms with Crippen LogP contribution in [0.1, 0.15) is 96.2 Å². The molecule has 2 amide bonds. The average Bonchev–Trinajstić information content (AvgIpc) is 3.38. The molecule has 4 atom stereocenters. The molecule has 0 bridgehead atoms.